The first-order valence-electron chi connectivity index (χ1n) is 10.2. The number of carbonyl (C=O) groups excluding carboxylic acids is 3. The summed E-state index contributed by atoms with van der Waals surface area (Å²) in [5.74, 6) is -1.15. The van der Waals surface area contributed by atoms with E-state index < -0.39 is 24.0 Å². The Labute approximate surface area is 184 Å². The molecule has 0 spiro atoms. The van der Waals surface area contributed by atoms with E-state index in [1.807, 2.05) is 54.1 Å². The number of carbonyl (C=O) groups is 3. The molecule has 2 N–H and O–H groups in total. The number of nitrogens with zero attached hydrogens (tertiary/aromatic N) is 1. The van der Waals surface area contributed by atoms with Crippen molar-refractivity contribution in [3.8, 4) is 0 Å². The molecule has 0 saturated carbocycles. The summed E-state index contributed by atoms with van der Waals surface area (Å²) in [5.41, 5.74) is 2.40. The van der Waals surface area contributed by atoms with Gasteiger partial charge in [0.2, 0.25) is 0 Å². The maximum Gasteiger partial charge on any atom is 0.340 e. The number of aryl methyl sites for hydroxylation is 1. The Morgan fingerprint density at radius 3 is 2.47 bits per heavy atom. The van der Waals surface area contributed by atoms with Gasteiger partial charge in [0.1, 0.15) is 6.61 Å². The molecule has 0 unspecified atom stereocenters. The van der Waals surface area contributed by atoms with Crippen molar-refractivity contribution in [2.45, 2.75) is 13.0 Å². The molecule has 2 aromatic carbocycles. The zero-order valence-corrected chi connectivity index (χ0v) is 17.8. The van der Waals surface area contributed by atoms with Crippen molar-refractivity contribution >= 4 is 28.9 Å². The van der Waals surface area contributed by atoms with Crippen LogP contribution in [0, 0.1) is 0 Å². The molecule has 0 aliphatic carbocycles. The SMILES string of the molecule is CCOC(=O)C1=C(COC(=O)c2cn(C)c3ccccc23)NC(=O)N[C@H]1c1ccccc1. The number of fused-ring (bicyclic) bond motifs is 1. The van der Waals surface area contributed by atoms with Crippen LogP contribution in [0.3, 0.4) is 0 Å². The van der Waals surface area contributed by atoms with Gasteiger partial charge in [0.15, 0.2) is 0 Å². The van der Waals surface area contributed by atoms with Crippen LogP contribution in [0.5, 0.6) is 0 Å². The maximum atomic E-state index is 12.8. The second-order valence-electron chi connectivity index (χ2n) is 7.30. The molecule has 164 valence electrons. The first-order chi connectivity index (χ1) is 15.5. The molecule has 1 atom stereocenters. The fraction of sp³-hybridized carbons (Fsp3) is 0.208. The summed E-state index contributed by atoms with van der Waals surface area (Å²) < 4.78 is 12.6. The molecule has 0 fully saturated rings. The number of amides is 2. The fourth-order valence-corrected chi connectivity index (χ4v) is 3.80. The van der Waals surface area contributed by atoms with Crippen LogP contribution in [-0.4, -0.2) is 35.8 Å². The minimum Gasteiger partial charge on any atom is -0.463 e. The zero-order valence-electron chi connectivity index (χ0n) is 17.8. The number of para-hydroxylation sites is 1. The van der Waals surface area contributed by atoms with E-state index in [0.29, 0.717) is 11.1 Å². The van der Waals surface area contributed by atoms with Gasteiger partial charge in [-0.05, 0) is 18.6 Å². The van der Waals surface area contributed by atoms with Gasteiger partial charge < -0.3 is 24.7 Å². The minimum atomic E-state index is -0.727. The van der Waals surface area contributed by atoms with Gasteiger partial charge in [-0.3, -0.25) is 0 Å². The van der Waals surface area contributed by atoms with Crippen LogP contribution in [0.25, 0.3) is 10.9 Å². The second kappa shape index (κ2) is 8.97. The van der Waals surface area contributed by atoms with Crippen molar-refractivity contribution in [3.63, 3.8) is 0 Å². The quantitative estimate of drug-likeness (QED) is 0.582. The number of rotatable bonds is 6. The Balaban J connectivity index is 1.66. The molecule has 0 saturated heterocycles. The molecule has 3 aromatic rings. The average Bonchev–Trinajstić information content (AvgIpc) is 3.14. The lowest BCUT2D eigenvalue weighted by atomic mass is 9.95. The van der Waals surface area contributed by atoms with E-state index in [4.69, 9.17) is 9.47 Å². The van der Waals surface area contributed by atoms with E-state index in [0.717, 1.165) is 10.9 Å². The number of aromatic nitrogens is 1. The normalized spacial score (nSPS) is 15.8. The summed E-state index contributed by atoms with van der Waals surface area (Å²) in [7, 11) is 1.85. The van der Waals surface area contributed by atoms with Crippen LogP contribution >= 0.6 is 0 Å². The van der Waals surface area contributed by atoms with Crippen molar-refractivity contribution in [1.82, 2.24) is 15.2 Å². The zero-order chi connectivity index (χ0) is 22.7. The molecule has 1 aliphatic rings. The highest BCUT2D eigenvalue weighted by molar-refractivity contribution is 6.04. The first kappa shape index (κ1) is 21.2. The predicted molar refractivity (Wildman–Crippen MR) is 118 cm³/mol. The van der Waals surface area contributed by atoms with Crippen molar-refractivity contribution in [3.05, 3.63) is 83.2 Å². The van der Waals surface area contributed by atoms with E-state index >= 15 is 0 Å². The topological polar surface area (TPSA) is 98.7 Å². The van der Waals surface area contributed by atoms with Gasteiger partial charge in [-0.1, -0.05) is 48.5 Å². The highest BCUT2D eigenvalue weighted by atomic mass is 16.5. The van der Waals surface area contributed by atoms with Gasteiger partial charge in [0.25, 0.3) is 0 Å². The second-order valence-corrected chi connectivity index (χ2v) is 7.30. The predicted octanol–water partition coefficient (Wildman–Crippen LogP) is 3.21. The van der Waals surface area contributed by atoms with E-state index in [-0.39, 0.29) is 24.5 Å². The van der Waals surface area contributed by atoms with E-state index in [9.17, 15) is 14.4 Å². The van der Waals surface area contributed by atoms with Gasteiger partial charge in [-0.2, -0.15) is 0 Å². The lowest BCUT2D eigenvalue weighted by Crippen LogP contribution is -2.47. The third-order valence-corrected chi connectivity index (χ3v) is 5.25. The summed E-state index contributed by atoms with van der Waals surface area (Å²) >= 11 is 0. The van der Waals surface area contributed by atoms with Crippen LogP contribution in [0.2, 0.25) is 0 Å². The maximum absolute atomic E-state index is 12.8. The Hall–Kier alpha value is -4.07. The molecule has 4 rings (SSSR count). The monoisotopic (exact) mass is 433 g/mol. The highest BCUT2D eigenvalue weighted by Gasteiger charge is 2.34. The Kier molecular flexibility index (Phi) is 5.93. The van der Waals surface area contributed by atoms with Crippen LogP contribution in [0.4, 0.5) is 4.79 Å². The molecule has 32 heavy (non-hydrogen) atoms. The van der Waals surface area contributed by atoms with Gasteiger partial charge in [-0.25, -0.2) is 14.4 Å². The molecule has 1 aromatic heterocycles. The lowest BCUT2D eigenvalue weighted by molar-refractivity contribution is -0.139. The largest absolute Gasteiger partial charge is 0.463 e. The van der Waals surface area contributed by atoms with E-state index in [1.165, 1.54) is 0 Å². The average molecular weight is 433 g/mol. The van der Waals surface area contributed by atoms with E-state index in [1.54, 1.807) is 25.3 Å². The number of benzene rings is 2. The Morgan fingerprint density at radius 1 is 1.00 bits per heavy atom. The van der Waals surface area contributed by atoms with Gasteiger partial charge in [0.05, 0.1) is 29.5 Å². The fourth-order valence-electron chi connectivity index (χ4n) is 3.80. The number of esters is 2. The lowest BCUT2D eigenvalue weighted by Gasteiger charge is -2.29. The Bertz CT molecular complexity index is 1210. The van der Waals surface area contributed by atoms with Crippen LogP contribution in [0.15, 0.2) is 72.1 Å². The molecule has 1 aliphatic heterocycles. The van der Waals surface area contributed by atoms with Crippen LogP contribution in [0.1, 0.15) is 28.9 Å². The molecule has 8 heteroatoms. The molecular weight excluding hydrogens is 410 g/mol. The number of ether oxygens (including phenoxy) is 2. The molecular formula is C24H23N3O5. The Morgan fingerprint density at radius 2 is 1.72 bits per heavy atom. The molecule has 2 amide bonds. The van der Waals surface area contributed by atoms with Gasteiger partial charge >= 0.3 is 18.0 Å². The molecule has 0 radical (unpaired) electrons. The smallest absolute Gasteiger partial charge is 0.340 e. The highest BCUT2D eigenvalue weighted by Crippen LogP contribution is 2.28. The number of nitrogens with one attached hydrogen (secondary N) is 2. The number of hydrogen-bond donors (Lipinski definition) is 2. The molecule has 2 heterocycles. The summed E-state index contributed by atoms with van der Waals surface area (Å²) in [6.07, 6.45) is 1.70. The first-order valence-corrected chi connectivity index (χ1v) is 10.2. The summed E-state index contributed by atoms with van der Waals surface area (Å²) in [6.45, 7) is 1.58. The molecule has 0 bridgehead atoms. The van der Waals surface area contributed by atoms with Crippen LogP contribution < -0.4 is 10.6 Å². The minimum absolute atomic E-state index is 0.168. The summed E-state index contributed by atoms with van der Waals surface area (Å²) in [5, 5.41) is 6.11. The van der Waals surface area contributed by atoms with E-state index in [2.05, 4.69) is 10.6 Å². The van der Waals surface area contributed by atoms with Gasteiger partial charge in [-0.15, -0.1) is 0 Å². The van der Waals surface area contributed by atoms with Crippen molar-refractivity contribution in [2.24, 2.45) is 7.05 Å². The molecule has 8 nitrogen and oxygen atoms in total. The number of hydrogen-bond acceptors (Lipinski definition) is 5. The van der Waals surface area contributed by atoms with Crippen molar-refractivity contribution in [2.75, 3.05) is 13.2 Å². The third-order valence-electron chi connectivity index (χ3n) is 5.25. The third kappa shape index (κ3) is 4.07. The van der Waals surface area contributed by atoms with Crippen molar-refractivity contribution in [1.29, 1.82) is 0 Å². The van der Waals surface area contributed by atoms with Crippen molar-refractivity contribution < 1.29 is 23.9 Å². The standard InChI is InChI=1S/C24H23N3O5/c1-3-31-23(29)20-18(25-24(30)26-21(20)15-9-5-4-6-10-15)14-32-22(28)17-13-27(2)19-12-8-7-11-16(17)19/h4-13,21H,3,14H2,1-2H3,(H2,25,26,30)/t21-/m0/s1. The van der Waals surface area contributed by atoms with Gasteiger partial charge in [0, 0.05) is 24.1 Å². The van der Waals surface area contributed by atoms with Crippen LogP contribution in [-0.2, 0) is 21.3 Å². The number of urea groups is 1. The summed E-state index contributed by atoms with van der Waals surface area (Å²) in [6, 6.07) is 15.3. The summed E-state index contributed by atoms with van der Waals surface area (Å²) in [4.78, 5) is 37.9.